The number of carbonyl (C=O) groups excluding carboxylic acids is 1. The summed E-state index contributed by atoms with van der Waals surface area (Å²) in [6.07, 6.45) is 0. The van der Waals surface area contributed by atoms with Crippen molar-refractivity contribution < 1.29 is 4.79 Å². The maximum absolute atomic E-state index is 11.3. The van der Waals surface area contributed by atoms with Crippen molar-refractivity contribution in [2.45, 2.75) is 40.0 Å². The highest BCUT2D eigenvalue weighted by Gasteiger charge is 2.18. The second kappa shape index (κ2) is 4.73. The molecule has 1 aromatic carbocycles. The Kier molecular flexibility index (Phi) is 3.92. The van der Waals surface area contributed by atoms with Gasteiger partial charge < -0.3 is 4.90 Å². The summed E-state index contributed by atoms with van der Waals surface area (Å²) < 4.78 is 0. The predicted molar refractivity (Wildman–Crippen MR) is 77.4 cm³/mol. The Hall–Kier alpha value is -0.960. The summed E-state index contributed by atoms with van der Waals surface area (Å²) in [5.74, 6) is 0. The molecule has 0 heterocycles. The van der Waals surface area contributed by atoms with Crippen LogP contribution in [-0.4, -0.2) is 12.3 Å². The topological polar surface area (TPSA) is 20.3 Å². The molecule has 0 bridgehead atoms. The van der Waals surface area contributed by atoms with Crippen molar-refractivity contribution in [3.05, 3.63) is 28.8 Å². The van der Waals surface area contributed by atoms with Crippen molar-refractivity contribution in [3.8, 4) is 0 Å². The predicted octanol–water partition coefficient (Wildman–Crippen LogP) is 4.09. The Labute approximate surface area is 109 Å². The molecular formula is C14H21NOS. The highest BCUT2D eigenvalue weighted by Crippen LogP contribution is 2.31. The van der Waals surface area contributed by atoms with E-state index in [-0.39, 0.29) is 10.7 Å². The number of hydrogen-bond donors (Lipinski definition) is 1. The zero-order chi connectivity index (χ0) is 13.4. The molecule has 3 heteroatoms. The summed E-state index contributed by atoms with van der Waals surface area (Å²) in [4.78, 5) is 12.9. The van der Waals surface area contributed by atoms with Crippen LogP contribution in [0.1, 0.15) is 37.5 Å². The fourth-order valence-corrected chi connectivity index (χ4v) is 2.11. The first-order valence-corrected chi connectivity index (χ1v) is 6.17. The van der Waals surface area contributed by atoms with Crippen molar-refractivity contribution in [1.82, 2.24) is 0 Å². The van der Waals surface area contributed by atoms with Gasteiger partial charge in [0.05, 0.1) is 0 Å². The van der Waals surface area contributed by atoms with E-state index in [2.05, 4.69) is 45.5 Å². The normalized spacial score (nSPS) is 11.5. The number of thiol groups is 1. The van der Waals surface area contributed by atoms with Gasteiger partial charge in [-0.25, -0.2) is 0 Å². The quantitative estimate of drug-likeness (QED) is 0.745. The van der Waals surface area contributed by atoms with Gasteiger partial charge in [-0.1, -0.05) is 45.5 Å². The van der Waals surface area contributed by atoms with E-state index in [1.54, 1.807) is 11.9 Å². The lowest BCUT2D eigenvalue weighted by molar-refractivity contribution is 0.266. The number of amides is 1. The van der Waals surface area contributed by atoms with Crippen LogP contribution in [0.4, 0.5) is 10.5 Å². The molecule has 1 aromatic rings. The smallest absolute Gasteiger partial charge is 0.282 e. The second-order valence-electron chi connectivity index (χ2n) is 5.55. The standard InChI is InChI=1S/C14H21NOS/c1-9-7-11(14(3,4)5)8-10(2)12(9)15(6)13(16)17/h7-8H,1-6H3,(H,16,17). The van der Waals surface area contributed by atoms with E-state index in [4.69, 9.17) is 0 Å². The molecule has 0 saturated heterocycles. The summed E-state index contributed by atoms with van der Waals surface area (Å²) in [6.45, 7) is 10.6. The van der Waals surface area contributed by atoms with Crippen LogP contribution in [-0.2, 0) is 5.41 Å². The van der Waals surface area contributed by atoms with E-state index >= 15 is 0 Å². The van der Waals surface area contributed by atoms with E-state index in [1.807, 2.05) is 13.8 Å². The second-order valence-corrected chi connectivity index (χ2v) is 5.93. The van der Waals surface area contributed by atoms with Gasteiger partial charge in [0, 0.05) is 12.7 Å². The molecule has 1 rings (SSSR count). The molecule has 94 valence electrons. The molecule has 17 heavy (non-hydrogen) atoms. The number of aryl methyl sites for hydroxylation is 2. The molecule has 0 atom stereocenters. The maximum atomic E-state index is 11.3. The van der Waals surface area contributed by atoms with Crippen molar-refractivity contribution >= 4 is 23.6 Å². The van der Waals surface area contributed by atoms with Crippen molar-refractivity contribution in [2.24, 2.45) is 0 Å². The third-order valence-electron chi connectivity index (χ3n) is 2.98. The fourth-order valence-electron chi connectivity index (χ4n) is 2.01. The SMILES string of the molecule is Cc1cc(C(C)(C)C)cc(C)c1N(C)C(=O)S. The van der Waals surface area contributed by atoms with Crippen LogP contribution in [0.3, 0.4) is 0 Å². The molecule has 0 aliphatic heterocycles. The molecule has 0 unspecified atom stereocenters. The van der Waals surface area contributed by atoms with E-state index in [0.29, 0.717) is 0 Å². The van der Waals surface area contributed by atoms with Crippen LogP contribution in [0.15, 0.2) is 12.1 Å². The van der Waals surface area contributed by atoms with Gasteiger partial charge in [0.15, 0.2) is 0 Å². The van der Waals surface area contributed by atoms with Crippen LogP contribution < -0.4 is 4.90 Å². The molecule has 0 N–H and O–H groups in total. The minimum Gasteiger partial charge on any atom is -0.306 e. The molecule has 0 aliphatic rings. The highest BCUT2D eigenvalue weighted by molar-refractivity contribution is 7.96. The molecular weight excluding hydrogens is 230 g/mol. The van der Waals surface area contributed by atoms with Gasteiger partial charge in [-0.3, -0.25) is 4.79 Å². The summed E-state index contributed by atoms with van der Waals surface area (Å²) >= 11 is 3.87. The molecule has 0 fully saturated rings. The molecule has 0 radical (unpaired) electrons. The monoisotopic (exact) mass is 251 g/mol. The molecule has 0 aliphatic carbocycles. The Balaban J connectivity index is 3.34. The van der Waals surface area contributed by atoms with Crippen LogP contribution in [0.5, 0.6) is 0 Å². The van der Waals surface area contributed by atoms with Crippen LogP contribution in [0, 0.1) is 13.8 Å². The first-order chi connectivity index (χ1) is 7.64. The Morgan fingerprint density at radius 3 is 1.88 bits per heavy atom. The van der Waals surface area contributed by atoms with E-state index in [0.717, 1.165) is 16.8 Å². The number of carbonyl (C=O) groups is 1. The number of hydrogen-bond acceptors (Lipinski definition) is 1. The van der Waals surface area contributed by atoms with Crippen molar-refractivity contribution in [2.75, 3.05) is 11.9 Å². The van der Waals surface area contributed by atoms with Gasteiger partial charge in [0.25, 0.3) is 5.24 Å². The summed E-state index contributed by atoms with van der Waals surface area (Å²) in [5, 5.41) is -0.236. The van der Waals surface area contributed by atoms with Gasteiger partial charge in [0.1, 0.15) is 0 Å². The molecule has 1 amide bonds. The maximum Gasteiger partial charge on any atom is 0.282 e. The third-order valence-corrected chi connectivity index (χ3v) is 3.28. The number of anilines is 1. The minimum atomic E-state index is -0.236. The van der Waals surface area contributed by atoms with Crippen molar-refractivity contribution in [3.63, 3.8) is 0 Å². The Morgan fingerprint density at radius 1 is 1.18 bits per heavy atom. The van der Waals surface area contributed by atoms with Gasteiger partial charge in [-0.05, 0) is 36.0 Å². The number of benzene rings is 1. The van der Waals surface area contributed by atoms with Gasteiger partial charge in [-0.2, -0.15) is 0 Å². The van der Waals surface area contributed by atoms with Crippen LogP contribution in [0.2, 0.25) is 0 Å². The lowest BCUT2D eigenvalue weighted by Crippen LogP contribution is -2.22. The van der Waals surface area contributed by atoms with E-state index < -0.39 is 0 Å². The summed E-state index contributed by atoms with van der Waals surface area (Å²) in [7, 11) is 1.75. The molecule has 0 spiro atoms. The molecule has 2 nitrogen and oxygen atoms in total. The van der Waals surface area contributed by atoms with Crippen molar-refractivity contribution in [1.29, 1.82) is 0 Å². The van der Waals surface area contributed by atoms with Crippen LogP contribution >= 0.6 is 12.6 Å². The summed E-state index contributed by atoms with van der Waals surface area (Å²) in [6, 6.07) is 4.30. The van der Waals surface area contributed by atoms with Gasteiger partial charge in [-0.15, -0.1) is 0 Å². The lowest BCUT2D eigenvalue weighted by Gasteiger charge is -2.25. The van der Waals surface area contributed by atoms with E-state index in [1.165, 1.54) is 5.56 Å². The van der Waals surface area contributed by atoms with E-state index in [9.17, 15) is 4.79 Å². The lowest BCUT2D eigenvalue weighted by atomic mass is 9.84. The average molecular weight is 251 g/mol. The largest absolute Gasteiger partial charge is 0.306 e. The average Bonchev–Trinajstić information content (AvgIpc) is 2.14. The van der Waals surface area contributed by atoms with Gasteiger partial charge >= 0.3 is 0 Å². The summed E-state index contributed by atoms with van der Waals surface area (Å²) in [5.41, 5.74) is 4.59. The van der Waals surface area contributed by atoms with Crippen LogP contribution in [0.25, 0.3) is 0 Å². The first kappa shape index (κ1) is 14.1. The minimum absolute atomic E-state index is 0.123. The third kappa shape index (κ3) is 3.03. The molecule has 0 aromatic heterocycles. The van der Waals surface area contributed by atoms with Gasteiger partial charge in [0.2, 0.25) is 0 Å². The fraction of sp³-hybridized carbons (Fsp3) is 0.500. The first-order valence-electron chi connectivity index (χ1n) is 5.73. The number of rotatable bonds is 1. The number of nitrogens with zero attached hydrogens (tertiary/aromatic N) is 1. The Morgan fingerprint density at radius 2 is 1.59 bits per heavy atom. The zero-order valence-corrected chi connectivity index (χ0v) is 12.4. The Bertz CT molecular complexity index is 423. The zero-order valence-electron chi connectivity index (χ0n) is 11.5. The highest BCUT2D eigenvalue weighted by atomic mass is 32.1. The molecule has 0 saturated carbocycles.